The van der Waals surface area contributed by atoms with Gasteiger partial charge in [0.2, 0.25) is 5.09 Å². The van der Waals surface area contributed by atoms with Gasteiger partial charge in [0.05, 0.1) is 11.3 Å². The zero-order chi connectivity index (χ0) is 24.6. The van der Waals surface area contributed by atoms with Gasteiger partial charge in [-0.15, -0.1) is 0 Å². The third-order valence-corrected chi connectivity index (χ3v) is 7.95. The normalized spacial score (nSPS) is 13.2. The van der Waals surface area contributed by atoms with E-state index in [0.717, 1.165) is 41.5 Å². The van der Waals surface area contributed by atoms with Gasteiger partial charge in [0.1, 0.15) is 18.1 Å². The molecule has 0 saturated heterocycles. The maximum Gasteiger partial charge on any atom is 0.335 e. The summed E-state index contributed by atoms with van der Waals surface area (Å²) in [5.74, 6) is 0.0123. The molecule has 1 heterocycles. The largest absolute Gasteiger partial charge is 0.487 e. The smallest absolute Gasteiger partial charge is 0.335 e. The molecule has 0 fully saturated rings. The number of fused-ring (bicyclic) bond motifs is 1. The number of hydrogen-bond acceptors (Lipinski definition) is 5. The van der Waals surface area contributed by atoms with Crippen LogP contribution in [-0.2, 0) is 29.5 Å². The lowest BCUT2D eigenvalue weighted by molar-refractivity contribution is 0.0696. The van der Waals surface area contributed by atoms with Gasteiger partial charge in [0, 0.05) is 6.04 Å². The van der Waals surface area contributed by atoms with Crippen molar-refractivity contribution in [3.8, 4) is 5.75 Å². The van der Waals surface area contributed by atoms with E-state index >= 15 is 0 Å². The second-order valence-corrected chi connectivity index (χ2v) is 10.7. The first-order valence-electron chi connectivity index (χ1n) is 11.3. The fourth-order valence-corrected chi connectivity index (χ4v) is 5.98. The molecule has 0 aliphatic heterocycles. The van der Waals surface area contributed by atoms with E-state index in [9.17, 15) is 18.3 Å². The molecule has 0 radical (unpaired) electrons. The van der Waals surface area contributed by atoms with Crippen LogP contribution in [-0.4, -0.2) is 25.5 Å². The fraction of sp³-hybridized carbons (Fsp3) is 0.346. The summed E-state index contributed by atoms with van der Waals surface area (Å²) in [5, 5.41) is 9.11. The maximum atomic E-state index is 13.6. The molecule has 0 unspecified atom stereocenters. The van der Waals surface area contributed by atoms with Gasteiger partial charge in [-0.3, -0.25) is 4.31 Å². The Morgan fingerprint density at radius 1 is 1.09 bits per heavy atom. The van der Waals surface area contributed by atoms with Crippen LogP contribution in [0.25, 0.3) is 0 Å². The standard InChI is InChI=1S/C26H29NO6S/c1-16(2)27(34(30,31)25-11-8-18(4)33-25)23-13-19-6-5-7-20(19)14-24(23)32-15-22-10-9-21(26(28)29)12-17(22)3/h8-14,16H,5-7,15H2,1-4H3,(H,28,29). The monoisotopic (exact) mass is 483 g/mol. The number of carboxylic acid groups (broad SMARTS) is 1. The number of hydrogen-bond donors (Lipinski definition) is 1. The summed E-state index contributed by atoms with van der Waals surface area (Å²) >= 11 is 0. The number of benzene rings is 2. The van der Waals surface area contributed by atoms with Crippen molar-refractivity contribution in [1.82, 2.24) is 0 Å². The van der Waals surface area contributed by atoms with E-state index in [0.29, 0.717) is 17.2 Å². The number of aryl methyl sites for hydroxylation is 4. The molecule has 0 saturated carbocycles. The molecule has 1 aliphatic rings. The van der Waals surface area contributed by atoms with Gasteiger partial charge >= 0.3 is 5.97 Å². The average Bonchev–Trinajstić information content (AvgIpc) is 3.41. The second kappa shape index (κ2) is 9.18. The van der Waals surface area contributed by atoms with Crippen molar-refractivity contribution in [2.45, 2.75) is 64.7 Å². The summed E-state index contributed by atoms with van der Waals surface area (Å²) in [5.41, 5.74) is 4.60. The molecule has 8 heteroatoms. The zero-order valence-electron chi connectivity index (χ0n) is 19.8. The number of anilines is 1. The number of ether oxygens (including phenoxy) is 1. The maximum absolute atomic E-state index is 13.6. The van der Waals surface area contributed by atoms with Gasteiger partial charge in [-0.2, -0.15) is 8.42 Å². The number of furan rings is 1. The number of aromatic carboxylic acids is 1. The lowest BCUT2D eigenvalue weighted by Gasteiger charge is -2.29. The first kappa shape index (κ1) is 23.9. The van der Waals surface area contributed by atoms with Crippen LogP contribution in [0.5, 0.6) is 5.75 Å². The molecular formula is C26H29NO6S. The van der Waals surface area contributed by atoms with Gasteiger partial charge in [0.15, 0.2) is 0 Å². The van der Waals surface area contributed by atoms with Crippen LogP contribution >= 0.6 is 0 Å². The quantitative estimate of drug-likeness (QED) is 0.469. The van der Waals surface area contributed by atoms with Crippen LogP contribution < -0.4 is 9.04 Å². The third kappa shape index (κ3) is 4.55. The Balaban J connectivity index is 1.74. The van der Waals surface area contributed by atoms with Crippen LogP contribution in [0.4, 0.5) is 5.69 Å². The Kier molecular flexibility index (Phi) is 6.45. The van der Waals surface area contributed by atoms with Crippen molar-refractivity contribution in [3.63, 3.8) is 0 Å². The molecule has 0 amide bonds. The van der Waals surface area contributed by atoms with Crippen molar-refractivity contribution in [3.05, 3.63) is 76.0 Å². The lowest BCUT2D eigenvalue weighted by Crippen LogP contribution is -2.37. The molecule has 34 heavy (non-hydrogen) atoms. The zero-order valence-corrected chi connectivity index (χ0v) is 20.6. The fourth-order valence-electron chi connectivity index (χ4n) is 4.36. The minimum atomic E-state index is -3.96. The minimum absolute atomic E-state index is 0.106. The van der Waals surface area contributed by atoms with Gasteiger partial charge < -0.3 is 14.3 Å². The van der Waals surface area contributed by atoms with Crippen LogP contribution in [0, 0.1) is 13.8 Å². The second-order valence-electron chi connectivity index (χ2n) is 8.94. The van der Waals surface area contributed by atoms with Crippen LogP contribution in [0.3, 0.4) is 0 Å². The predicted molar refractivity (Wildman–Crippen MR) is 129 cm³/mol. The molecule has 1 aliphatic carbocycles. The SMILES string of the molecule is Cc1ccc(S(=O)(=O)N(c2cc3c(cc2OCc2ccc(C(=O)O)cc2C)CCC3)C(C)C)o1. The molecule has 3 aromatic rings. The molecule has 180 valence electrons. The van der Waals surface area contributed by atoms with Crippen molar-refractivity contribution >= 4 is 21.7 Å². The molecule has 0 bridgehead atoms. The van der Waals surface area contributed by atoms with E-state index in [2.05, 4.69) is 0 Å². The summed E-state index contributed by atoms with van der Waals surface area (Å²) in [6.45, 7) is 7.36. The highest BCUT2D eigenvalue weighted by Crippen LogP contribution is 2.40. The van der Waals surface area contributed by atoms with Crippen LogP contribution in [0.1, 0.15) is 58.6 Å². The molecule has 0 atom stereocenters. The molecule has 2 aromatic carbocycles. The van der Waals surface area contributed by atoms with Gasteiger partial charge in [-0.1, -0.05) is 6.07 Å². The number of sulfonamides is 1. The molecule has 1 aromatic heterocycles. The highest BCUT2D eigenvalue weighted by molar-refractivity contribution is 7.92. The molecule has 0 spiro atoms. The van der Waals surface area contributed by atoms with E-state index < -0.39 is 16.0 Å². The number of nitrogens with zero attached hydrogens (tertiary/aromatic N) is 1. The Bertz CT molecular complexity index is 1340. The van der Waals surface area contributed by atoms with E-state index in [-0.39, 0.29) is 23.3 Å². The Hall–Kier alpha value is -3.26. The summed E-state index contributed by atoms with van der Waals surface area (Å²) in [4.78, 5) is 11.2. The summed E-state index contributed by atoms with van der Waals surface area (Å²) in [6.07, 6.45) is 2.83. The van der Waals surface area contributed by atoms with Crippen molar-refractivity contribution < 1.29 is 27.5 Å². The molecule has 7 nitrogen and oxygen atoms in total. The Labute approximate surface area is 200 Å². The lowest BCUT2D eigenvalue weighted by atomic mass is 10.1. The summed E-state index contributed by atoms with van der Waals surface area (Å²) in [7, 11) is -3.96. The van der Waals surface area contributed by atoms with E-state index in [1.54, 1.807) is 31.2 Å². The van der Waals surface area contributed by atoms with Crippen LogP contribution in [0.15, 0.2) is 52.0 Å². The van der Waals surface area contributed by atoms with E-state index in [1.807, 2.05) is 32.9 Å². The summed E-state index contributed by atoms with van der Waals surface area (Å²) in [6, 6.07) is 11.5. The van der Waals surface area contributed by atoms with Crippen molar-refractivity contribution in [1.29, 1.82) is 0 Å². The van der Waals surface area contributed by atoms with E-state index in [4.69, 9.17) is 9.15 Å². The minimum Gasteiger partial charge on any atom is -0.487 e. The predicted octanol–water partition coefficient (Wildman–Crippen LogP) is 5.27. The Morgan fingerprint density at radius 3 is 2.38 bits per heavy atom. The molecular weight excluding hydrogens is 454 g/mol. The summed E-state index contributed by atoms with van der Waals surface area (Å²) < 4.78 is 40.2. The van der Waals surface area contributed by atoms with Gasteiger partial charge in [0.25, 0.3) is 10.0 Å². The third-order valence-electron chi connectivity index (χ3n) is 6.08. The number of rotatable bonds is 8. The van der Waals surface area contributed by atoms with Gasteiger partial charge in [-0.25, -0.2) is 4.79 Å². The highest BCUT2D eigenvalue weighted by atomic mass is 32.2. The van der Waals surface area contributed by atoms with Gasteiger partial charge in [-0.05, 0) is 106 Å². The van der Waals surface area contributed by atoms with E-state index in [1.165, 1.54) is 10.4 Å². The van der Waals surface area contributed by atoms with Crippen molar-refractivity contribution in [2.24, 2.45) is 0 Å². The topological polar surface area (TPSA) is 97.0 Å². The molecule has 1 N–H and O–H groups in total. The molecule has 4 rings (SSSR count). The van der Waals surface area contributed by atoms with Crippen molar-refractivity contribution in [2.75, 3.05) is 4.31 Å². The highest BCUT2D eigenvalue weighted by Gasteiger charge is 2.33. The number of carbonyl (C=O) groups is 1. The first-order chi connectivity index (χ1) is 16.1. The Morgan fingerprint density at radius 2 is 1.79 bits per heavy atom. The average molecular weight is 484 g/mol. The first-order valence-corrected chi connectivity index (χ1v) is 12.7. The van der Waals surface area contributed by atoms with Crippen LogP contribution in [0.2, 0.25) is 0 Å². The number of carboxylic acids is 1.